The van der Waals surface area contributed by atoms with Gasteiger partial charge in [0.05, 0.1) is 18.0 Å². The number of nitrogens with one attached hydrogen (secondary N) is 1. The van der Waals surface area contributed by atoms with Gasteiger partial charge in [0.15, 0.2) is 0 Å². The van der Waals surface area contributed by atoms with E-state index >= 15 is 0 Å². The van der Waals surface area contributed by atoms with Gasteiger partial charge >= 0.3 is 12.1 Å². The summed E-state index contributed by atoms with van der Waals surface area (Å²) < 4.78 is 55.0. The van der Waals surface area contributed by atoms with Crippen molar-refractivity contribution < 1.29 is 37.4 Å². The number of aryl methyl sites for hydroxylation is 1. The Bertz CT molecular complexity index is 1350. The van der Waals surface area contributed by atoms with Crippen LogP contribution in [0.15, 0.2) is 47.5 Å². The van der Waals surface area contributed by atoms with E-state index in [1.165, 1.54) is 0 Å². The van der Waals surface area contributed by atoms with Gasteiger partial charge in [0.25, 0.3) is 5.91 Å². The molecule has 1 heterocycles. The summed E-state index contributed by atoms with van der Waals surface area (Å²) in [4.78, 5) is 30.6. The molecular formula is C36H51F4N3O4. The third kappa shape index (κ3) is 10.1. The monoisotopic (exact) mass is 665 g/mol. The number of benzene rings is 2. The highest BCUT2D eigenvalue weighted by Crippen LogP contribution is 2.50. The van der Waals surface area contributed by atoms with Gasteiger partial charge < -0.3 is 20.4 Å². The zero-order valence-electron chi connectivity index (χ0n) is 28.7. The first-order chi connectivity index (χ1) is 22.1. The second-order valence-electron chi connectivity index (χ2n) is 12.9. The van der Waals surface area contributed by atoms with E-state index in [9.17, 15) is 27.2 Å². The molecule has 4 rings (SSSR count). The molecule has 1 aliphatic carbocycles. The number of aliphatic carboxylic acids is 1. The Labute approximate surface area is 276 Å². The van der Waals surface area contributed by atoms with Gasteiger partial charge in [-0.15, -0.1) is 0 Å². The maximum atomic E-state index is 14.4. The average molecular weight is 666 g/mol. The minimum Gasteiger partial charge on any atom is -0.481 e. The molecule has 0 unspecified atom stereocenters. The van der Waals surface area contributed by atoms with Gasteiger partial charge in [-0.2, -0.15) is 13.2 Å². The number of rotatable bonds is 10. The van der Waals surface area contributed by atoms with Crippen molar-refractivity contribution in [2.75, 3.05) is 20.7 Å². The van der Waals surface area contributed by atoms with E-state index < -0.39 is 35.1 Å². The lowest BCUT2D eigenvalue weighted by molar-refractivity contribution is -0.138. The number of alkyl halides is 3. The number of hydrogen-bond donors (Lipinski definition) is 3. The molecule has 0 bridgehead atoms. The van der Waals surface area contributed by atoms with Crippen LogP contribution < -0.4 is 5.32 Å². The number of carbonyl (C=O) groups is 2. The van der Waals surface area contributed by atoms with Gasteiger partial charge in [0.1, 0.15) is 17.2 Å². The number of hydrogen-bond acceptors (Lipinski definition) is 5. The quantitative estimate of drug-likeness (QED) is 0.224. The predicted molar refractivity (Wildman–Crippen MR) is 177 cm³/mol. The van der Waals surface area contributed by atoms with E-state index in [-0.39, 0.29) is 29.2 Å². The lowest BCUT2D eigenvalue weighted by Gasteiger charge is -2.48. The summed E-state index contributed by atoms with van der Waals surface area (Å²) in [5.41, 5.74) is 0.0644. The largest absolute Gasteiger partial charge is 0.481 e. The van der Waals surface area contributed by atoms with Gasteiger partial charge in [0, 0.05) is 19.2 Å². The van der Waals surface area contributed by atoms with Crippen molar-refractivity contribution in [3.05, 3.63) is 70.5 Å². The van der Waals surface area contributed by atoms with Crippen LogP contribution in [-0.2, 0) is 15.8 Å². The highest BCUT2D eigenvalue weighted by atomic mass is 19.4. The third-order valence-corrected chi connectivity index (χ3v) is 9.42. The molecule has 2 aliphatic rings. The van der Waals surface area contributed by atoms with Crippen molar-refractivity contribution in [1.82, 2.24) is 10.2 Å². The molecule has 0 aromatic heterocycles. The Balaban J connectivity index is 0.000000756. The smallest absolute Gasteiger partial charge is 0.416 e. The minimum absolute atomic E-state index is 0.0728. The number of aliphatic hydroxyl groups is 1. The zero-order valence-corrected chi connectivity index (χ0v) is 28.7. The molecule has 1 saturated carbocycles. The van der Waals surface area contributed by atoms with E-state index in [0.29, 0.717) is 37.8 Å². The van der Waals surface area contributed by atoms with Crippen molar-refractivity contribution in [1.29, 1.82) is 0 Å². The molecule has 1 spiro atoms. The third-order valence-electron chi connectivity index (χ3n) is 9.42. The molecule has 11 heteroatoms. The number of aliphatic imine (C=N–C) groups is 1. The summed E-state index contributed by atoms with van der Waals surface area (Å²) in [5, 5.41) is 17.7. The van der Waals surface area contributed by atoms with Crippen LogP contribution in [0.4, 0.5) is 17.6 Å². The van der Waals surface area contributed by atoms with E-state index in [1.807, 2.05) is 36.1 Å². The lowest BCUT2D eigenvalue weighted by atomic mass is 9.67. The second-order valence-corrected chi connectivity index (χ2v) is 12.9. The number of amides is 1. The van der Waals surface area contributed by atoms with Gasteiger partial charge in [-0.05, 0) is 81.2 Å². The normalized spacial score (nSPS) is 20.2. The number of aliphatic hydroxyl groups excluding tert-OH is 1. The second kappa shape index (κ2) is 17.2. The van der Waals surface area contributed by atoms with Crippen LogP contribution in [0.5, 0.6) is 0 Å². The lowest BCUT2D eigenvalue weighted by Crippen LogP contribution is -2.51. The van der Waals surface area contributed by atoms with E-state index in [4.69, 9.17) is 15.2 Å². The van der Waals surface area contributed by atoms with Crippen LogP contribution in [0.25, 0.3) is 0 Å². The molecule has 2 aromatic rings. The first kappa shape index (κ1) is 39.9. The van der Waals surface area contributed by atoms with Gasteiger partial charge in [-0.1, -0.05) is 70.4 Å². The van der Waals surface area contributed by atoms with Crippen LogP contribution >= 0.6 is 0 Å². The molecule has 1 fully saturated rings. The molecule has 262 valence electrons. The van der Waals surface area contributed by atoms with Crippen molar-refractivity contribution in [3.63, 3.8) is 0 Å². The van der Waals surface area contributed by atoms with E-state index in [0.717, 1.165) is 56.1 Å². The number of halogens is 4. The highest BCUT2D eigenvalue weighted by molar-refractivity contribution is 6.46. The van der Waals surface area contributed by atoms with Crippen LogP contribution in [-0.4, -0.2) is 59.1 Å². The summed E-state index contributed by atoms with van der Waals surface area (Å²) in [6.45, 7) is 11.3. The molecule has 1 atom stereocenters. The number of carboxylic acid groups (broad SMARTS) is 1. The molecular weight excluding hydrogens is 614 g/mol. The number of carbonyl (C=O) groups excluding carboxylic acids is 1. The van der Waals surface area contributed by atoms with Crippen molar-refractivity contribution in [2.45, 2.75) is 104 Å². The summed E-state index contributed by atoms with van der Waals surface area (Å²) in [7, 11) is 2.73. The Morgan fingerprint density at radius 3 is 2.15 bits per heavy atom. The standard InChI is InChI=1S/C31H38F4N2O.C4H9NO2.CH4O/c1-6-8-26(21-11-9-20(3)10-12-21)37-28(38)27(22-17-24(31(33,34)35)19-25(32)18-22)36-30(37)15-13-23(14-16-30)29(4,5)7-2;1-5-3-2-4(6)7;1-2/h9-12,17-19,23,26H,6-8,13-16H2,1-5H3;5H,2-3H2,1H3,(H,6,7);2H,1H3/t23?,26-,30?;;/m1../s1. The summed E-state index contributed by atoms with van der Waals surface area (Å²) in [6, 6.07) is 10.1. The Hall–Kier alpha value is -3.31. The van der Waals surface area contributed by atoms with Crippen molar-refractivity contribution in [3.8, 4) is 0 Å². The Morgan fingerprint density at radius 2 is 1.68 bits per heavy atom. The van der Waals surface area contributed by atoms with Crippen molar-refractivity contribution in [2.24, 2.45) is 16.3 Å². The summed E-state index contributed by atoms with van der Waals surface area (Å²) in [5.74, 6) is -1.75. The van der Waals surface area contributed by atoms with Crippen molar-refractivity contribution >= 4 is 17.6 Å². The fraction of sp³-hybridized carbons (Fsp3) is 0.583. The molecule has 3 N–H and O–H groups in total. The number of carboxylic acids is 1. The van der Waals surface area contributed by atoms with Gasteiger partial charge in [0.2, 0.25) is 0 Å². The fourth-order valence-electron chi connectivity index (χ4n) is 6.36. The highest BCUT2D eigenvalue weighted by Gasteiger charge is 2.53. The Kier molecular flexibility index (Phi) is 14.6. The molecule has 1 aliphatic heterocycles. The maximum Gasteiger partial charge on any atom is 0.416 e. The molecule has 0 saturated heterocycles. The van der Waals surface area contributed by atoms with Crippen LogP contribution in [0.2, 0.25) is 0 Å². The molecule has 2 aromatic carbocycles. The first-order valence-corrected chi connectivity index (χ1v) is 16.3. The van der Waals surface area contributed by atoms with Crippen LogP contribution in [0.3, 0.4) is 0 Å². The topological polar surface area (TPSA) is 102 Å². The number of nitrogens with zero attached hydrogens (tertiary/aromatic N) is 2. The summed E-state index contributed by atoms with van der Waals surface area (Å²) in [6.07, 6.45) is 1.01. The maximum absolute atomic E-state index is 14.4. The molecule has 0 radical (unpaired) electrons. The van der Waals surface area contributed by atoms with Crippen LogP contribution in [0, 0.1) is 24.1 Å². The zero-order chi connectivity index (χ0) is 35.6. The summed E-state index contributed by atoms with van der Waals surface area (Å²) >= 11 is 0. The van der Waals surface area contributed by atoms with Gasteiger partial charge in [-0.25, -0.2) is 4.39 Å². The minimum atomic E-state index is -4.73. The molecule has 47 heavy (non-hydrogen) atoms. The van der Waals surface area contributed by atoms with E-state index in [1.54, 1.807) is 7.05 Å². The predicted octanol–water partition coefficient (Wildman–Crippen LogP) is 7.94. The molecule has 7 nitrogen and oxygen atoms in total. The fourth-order valence-corrected chi connectivity index (χ4v) is 6.36. The van der Waals surface area contributed by atoms with E-state index in [2.05, 4.69) is 33.0 Å². The molecule has 1 amide bonds. The van der Waals surface area contributed by atoms with Gasteiger partial charge in [-0.3, -0.25) is 14.6 Å². The SMILES string of the molecule is CCC[C@H](c1ccc(C)cc1)N1C(=O)C(c2cc(F)cc(C(F)(F)F)c2)=NC12CCC(C(C)(C)CC)CC2.CNCCC(=O)O.CO. The average Bonchev–Trinajstić information content (AvgIpc) is 3.30. The first-order valence-electron chi connectivity index (χ1n) is 16.3. The Morgan fingerprint density at radius 1 is 1.09 bits per heavy atom. The van der Waals surface area contributed by atoms with Crippen LogP contribution in [0.1, 0.15) is 107 Å².